The van der Waals surface area contributed by atoms with Crippen molar-refractivity contribution < 1.29 is 14.3 Å². The number of carbonyl (C=O) groups is 2. The van der Waals surface area contributed by atoms with E-state index >= 15 is 0 Å². The molecule has 1 saturated carbocycles. The zero-order chi connectivity index (χ0) is 19.7. The van der Waals surface area contributed by atoms with Crippen LogP contribution in [0, 0.1) is 17.8 Å². The number of rotatable bonds is 4. The van der Waals surface area contributed by atoms with Gasteiger partial charge in [-0.1, -0.05) is 38.8 Å². The Kier molecular flexibility index (Phi) is 5.72. The molecule has 2 aliphatic heterocycles. The minimum absolute atomic E-state index is 0.0271. The fourth-order valence-electron chi connectivity index (χ4n) is 4.91. The van der Waals surface area contributed by atoms with Crippen molar-refractivity contribution in [2.75, 3.05) is 18.4 Å². The zero-order valence-corrected chi connectivity index (χ0v) is 17.0. The van der Waals surface area contributed by atoms with Crippen molar-refractivity contribution in [1.82, 2.24) is 4.90 Å². The monoisotopic (exact) mass is 384 g/mol. The number of piperidine rings is 1. The molecule has 3 atom stereocenters. The van der Waals surface area contributed by atoms with Gasteiger partial charge in [-0.15, -0.1) is 0 Å². The highest BCUT2D eigenvalue weighted by atomic mass is 16.5. The highest BCUT2D eigenvalue weighted by molar-refractivity contribution is 5.92. The number of benzene rings is 1. The summed E-state index contributed by atoms with van der Waals surface area (Å²) in [5, 5.41) is 2.97. The fourth-order valence-corrected chi connectivity index (χ4v) is 4.91. The van der Waals surface area contributed by atoms with E-state index in [1.165, 1.54) is 12.8 Å². The minimum atomic E-state index is -0.0438. The highest BCUT2D eigenvalue weighted by Gasteiger charge is 2.41. The predicted molar refractivity (Wildman–Crippen MR) is 109 cm³/mol. The van der Waals surface area contributed by atoms with E-state index in [1.807, 2.05) is 32.0 Å². The summed E-state index contributed by atoms with van der Waals surface area (Å²) in [5.74, 6) is 1.03. The highest BCUT2D eigenvalue weighted by Crippen LogP contribution is 2.42. The molecule has 1 aliphatic carbocycles. The Labute approximate surface area is 167 Å². The number of carbonyl (C=O) groups excluding carboxylic acids is 2. The van der Waals surface area contributed by atoms with Crippen molar-refractivity contribution in [1.29, 1.82) is 0 Å². The molecule has 152 valence electrons. The van der Waals surface area contributed by atoms with Gasteiger partial charge in [0.05, 0.1) is 12.2 Å². The zero-order valence-electron chi connectivity index (χ0n) is 17.0. The normalized spacial score (nSPS) is 27.8. The maximum absolute atomic E-state index is 12.8. The van der Waals surface area contributed by atoms with Crippen LogP contribution in [-0.4, -0.2) is 35.9 Å². The van der Waals surface area contributed by atoms with Crippen LogP contribution in [0.15, 0.2) is 24.3 Å². The second kappa shape index (κ2) is 8.24. The largest absolute Gasteiger partial charge is 0.370 e. The SMILES string of the molecule is CC(C)C(=O)Nc1cccc(C2CC3CN(C(=O)C4CCCC4)CCC3O2)c1. The molecule has 5 heteroatoms. The maximum Gasteiger partial charge on any atom is 0.226 e. The van der Waals surface area contributed by atoms with Crippen LogP contribution in [0.3, 0.4) is 0 Å². The number of fused-ring (bicyclic) bond motifs is 1. The third-order valence-corrected chi connectivity index (χ3v) is 6.59. The van der Waals surface area contributed by atoms with Crippen LogP contribution in [0.1, 0.15) is 64.0 Å². The molecule has 1 aromatic carbocycles. The average Bonchev–Trinajstić information content (AvgIpc) is 3.36. The average molecular weight is 385 g/mol. The second-order valence-corrected chi connectivity index (χ2v) is 8.98. The Morgan fingerprint density at radius 1 is 1.18 bits per heavy atom. The van der Waals surface area contributed by atoms with Crippen molar-refractivity contribution >= 4 is 17.5 Å². The summed E-state index contributed by atoms with van der Waals surface area (Å²) in [7, 11) is 0. The summed E-state index contributed by atoms with van der Waals surface area (Å²) in [6.45, 7) is 5.44. The predicted octanol–water partition coefficient (Wildman–Crippen LogP) is 4.15. The number of amides is 2. The fraction of sp³-hybridized carbons (Fsp3) is 0.652. The number of nitrogens with zero attached hydrogens (tertiary/aromatic N) is 1. The lowest BCUT2D eigenvalue weighted by Gasteiger charge is -2.35. The van der Waals surface area contributed by atoms with Crippen molar-refractivity contribution in [3.05, 3.63) is 29.8 Å². The van der Waals surface area contributed by atoms with Gasteiger partial charge in [-0.2, -0.15) is 0 Å². The molecule has 2 heterocycles. The minimum Gasteiger partial charge on any atom is -0.370 e. The summed E-state index contributed by atoms with van der Waals surface area (Å²) < 4.78 is 6.36. The van der Waals surface area contributed by atoms with Crippen LogP contribution in [0.25, 0.3) is 0 Å². The van der Waals surface area contributed by atoms with E-state index in [4.69, 9.17) is 4.74 Å². The van der Waals surface area contributed by atoms with Gasteiger partial charge in [0.2, 0.25) is 11.8 Å². The second-order valence-electron chi connectivity index (χ2n) is 8.98. The number of hydrogen-bond donors (Lipinski definition) is 1. The molecule has 28 heavy (non-hydrogen) atoms. The quantitative estimate of drug-likeness (QED) is 0.848. The van der Waals surface area contributed by atoms with Gasteiger partial charge in [0.25, 0.3) is 0 Å². The van der Waals surface area contributed by atoms with Gasteiger partial charge in [-0.3, -0.25) is 9.59 Å². The van der Waals surface area contributed by atoms with Gasteiger partial charge in [0.15, 0.2) is 0 Å². The molecule has 0 spiro atoms. The van der Waals surface area contributed by atoms with Gasteiger partial charge in [-0.05, 0) is 43.4 Å². The Morgan fingerprint density at radius 2 is 1.96 bits per heavy atom. The molecule has 4 rings (SSSR count). The molecule has 0 radical (unpaired) electrons. The number of likely N-dealkylation sites (tertiary alicyclic amines) is 1. The van der Waals surface area contributed by atoms with Crippen LogP contribution in [-0.2, 0) is 14.3 Å². The molecule has 5 nitrogen and oxygen atoms in total. The lowest BCUT2D eigenvalue weighted by atomic mass is 9.90. The molecule has 2 amide bonds. The Balaban J connectivity index is 1.39. The molecular weight excluding hydrogens is 352 g/mol. The van der Waals surface area contributed by atoms with E-state index < -0.39 is 0 Å². The number of nitrogens with one attached hydrogen (secondary N) is 1. The standard InChI is InChI=1S/C23H32N2O3/c1-15(2)22(26)24-19-9-5-8-17(12-19)21-13-18-14-25(11-10-20(18)28-21)23(27)16-6-3-4-7-16/h5,8-9,12,15-16,18,20-21H,3-4,6-7,10-11,13-14H2,1-2H3,(H,24,26). The van der Waals surface area contributed by atoms with Crippen LogP contribution in [0.4, 0.5) is 5.69 Å². The van der Waals surface area contributed by atoms with E-state index in [-0.39, 0.29) is 30.0 Å². The number of hydrogen-bond acceptors (Lipinski definition) is 3. The first-order valence-electron chi connectivity index (χ1n) is 10.9. The summed E-state index contributed by atoms with van der Waals surface area (Å²) in [4.78, 5) is 26.9. The molecule has 3 fully saturated rings. The van der Waals surface area contributed by atoms with Crippen molar-refractivity contribution in [2.45, 2.75) is 64.6 Å². The summed E-state index contributed by atoms with van der Waals surface area (Å²) in [6.07, 6.45) is 6.70. The van der Waals surface area contributed by atoms with Crippen LogP contribution >= 0.6 is 0 Å². The maximum atomic E-state index is 12.8. The molecule has 0 aromatic heterocycles. The Hall–Kier alpha value is -1.88. The van der Waals surface area contributed by atoms with Crippen LogP contribution in [0.2, 0.25) is 0 Å². The molecule has 1 aromatic rings. The van der Waals surface area contributed by atoms with Crippen molar-refractivity contribution in [2.24, 2.45) is 17.8 Å². The van der Waals surface area contributed by atoms with Gasteiger partial charge < -0.3 is 15.0 Å². The summed E-state index contributed by atoms with van der Waals surface area (Å²) in [6, 6.07) is 8.01. The summed E-state index contributed by atoms with van der Waals surface area (Å²) in [5.41, 5.74) is 1.94. The number of anilines is 1. The first-order chi connectivity index (χ1) is 13.5. The van der Waals surface area contributed by atoms with Gasteiger partial charge in [-0.25, -0.2) is 0 Å². The van der Waals surface area contributed by atoms with Gasteiger partial charge in [0, 0.05) is 36.5 Å². The molecule has 2 saturated heterocycles. The molecule has 0 bridgehead atoms. The third-order valence-electron chi connectivity index (χ3n) is 6.59. The van der Waals surface area contributed by atoms with Crippen molar-refractivity contribution in [3.63, 3.8) is 0 Å². The molecule has 3 unspecified atom stereocenters. The first-order valence-corrected chi connectivity index (χ1v) is 10.9. The Morgan fingerprint density at radius 3 is 2.71 bits per heavy atom. The smallest absolute Gasteiger partial charge is 0.226 e. The lowest BCUT2D eigenvalue weighted by Crippen LogP contribution is -2.46. The molecule has 3 aliphatic rings. The Bertz CT molecular complexity index is 726. The van der Waals surface area contributed by atoms with E-state index in [1.54, 1.807) is 0 Å². The topological polar surface area (TPSA) is 58.6 Å². The lowest BCUT2D eigenvalue weighted by molar-refractivity contribution is -0.138. The van der Waals surface area contributed by atoms with E-state index in [0.717, 1.165) is 50.0 Å². The molecule has 1 N–H and O–H groups in total. The van der Waals surface area contributed by atoms with Crippen molar-refractivity contribution in [3.8, 4) is 0 Å². The van der Waals surface area contributed by atoms with Crippen LogP contribution in [0.5, 0.6) is 0 Å². The van der Waals surface area contributed by atoms with E-state index in [0.29, 0.717) is 11.8 Å². The summed E-state index contributed by atoms with van der Waals surface area (Å²) >= 11 is 0. The van der Waals surface area contributed by atoms with Crippen LogP contribution < -0.4 is 5.32 Å². The first kappa shape index (κ1) is 19.4. The van der Waals surface area contributed by atoms with E-state index in [9.17, 15) is 9.59 Å². The molecular formula is C23H32N2O3. The third kappa shape index (κ3) is 4.09. The van der Waals surface area contributed by atoms with Gasteiger partial charge >= 0.3 is 0 Å². The number of ether oxygens (including phenoxy) is 1. The van der Waals surface area contributed by atoms with Gasteiger partial charge in [0.1, 0.15) is 0 Å². The van der Waals surface area contributed by atoms with E-state index in [2.05, 4.69) is 16.3 Å².